The average Bonchev–Trinajstić information content (AvgIpc) is 3.04. The van der Waals surface area contributed by atoms with Gasteiger partial charge in [0.2, 0.25) is 0 Å². The van der Waals surface area contributed by atoms with Crippen molar-refractivity contribution in [3.63, 3.8) is 0 Å². The molecule has 1 aromatic rings. The lowest BCUT2D eigenvalue weighted by Gasteiger charge is -2.57. The van der Waals surface area contributed by atoms with Gasteiger partial charge in [-0.15, -0.1) is 0 Å². The van der Waals surface area contributed by atoms with E-state index in [1.807, 2.05) is 6.92 Å². The van der Waals surface area contributed by atoms with Crippen LogP contribution < -0.4 is 0 Å². The molecule has 0 radical (unpaired) electrons. The van der Waals surface area contributed by atoms with Crippen LogP contribution in [0.3, 0.4) is 0 Å². The summed E-state index contributed by atoms with van der Waals surface area (Å²) in [4.78, 5) is 28.7. The first-order chi connectivity index (χ1) is 15.2. The van der Waals surface area contributed by atoms with E-state index < -0.39 is 0 Å². The van der Waals surface area contributed by atoms with E-state index in [0.717, 1.165) is 44.2 Å². The topological polar surface area (TPSA) is 65.5 Å². The molecule has 2 saturated carbocycles. The highest BCUT2D eigenvalue weighted by molar-refractivity contribution is 5.90. The minimum Gasteiger partial charge on any atom is -0.465 e. The fourth-order valence-electron chi connectivity index (χ4n) is 7.80. The monoisotopic (exact) mass is 437 g/mol. The molecule has 0 N–H and O–H groups in total. The van der Waals surface area contributed by atoms with Gasteiger partial charge in [-0.1, -0.05) is 25.5 Å². The quantitative estimate of drug-likeness (QED) is 0.477. The Hall–Kier alpha value is -2.17. The summed E-state index contributed by atoms with van der Waals surface area (Å²) in [7, 11) is 1.43. The van der Waals surface area contributed by atoms with Crippen LogP contribution in [0.25, 0.3) is 0 Å². The van der Waals surface area contributed by atoms with E-state index in [4.69, 9.17) is 14.5 Å². The van der Waals surface area contributed by atoms with Gasteiger partial charge >= 0.3 is 11.9 Å². The number of fused-ring (bicyclic) bond motifs is 7. The van der Waals surface area contributed by atoms with Crippen molar-refractivity contribution in [1.29, 1.82) is 0 Å². The molecule has 6 atom stereocenters. The molecule has 5 heteroatoms. The van der Waals surface area contributed by atoms with Crippen LogP contribution in [0.5, 0.6) is 0 Å². The van der Waals surface area contributed by atoms with Crippen LogP contribution in [0.1, 0.15) is 86.6 Å². The highest BCUT2D eigenvalue weighted by Gasteiger charge is 2.58. The second kappa shape index (κ2) is 7.43. The minimum absolute atomic E-state index is 0.0388. The molecular formula is C27H35NO4. The van der Waals surface area contributed by atoms with Crippen molar-refractivity contribution in [2.24, 2.45) is 23.2 Å². The summed E-state index contributed by atoms with van der Waals surface area (Å²) in [6.45, 7) is 8.30. The Bertz CT molecular complexity index is 1010. The molecule has 4 aliphatic rings. The number of hydrogen-bond acceptors (Lipinski definition) is 5. The van der Waals surface area contributed by atoms with Crippen LogP contribution in [-0.4, -0.2) is 30.1 Å². The standard InChI is InChI=1S/C27H35NO4/c1-15-21(25(30)31-5)12-17-13-23-20-7-6-18-14-19(32-16(2)29)8-10-26(18,3)22(20)9-11-27(23,4)24(17)28-15/h6,12,19-20,22-23H,7-11,13-14H2,1-5H3/t19-,20+,22-,23-,26-,27-/m0/s1. The van der Waals surface area contributed by atoms with Gasteiger partial charge in [0, 0.05) is 18.8 Å². The smallest absolute Gasteiger partial charge is 0.339 e. The van der Waals surface area contributed by atoms with Crippen molar-refractivity contribution in [1.82, 2.24) is 4.98 Å². The highest BCUT2D eigenvalue weighted by Crippen LogP contribution is 2.64. The summed E-state index contributed by atoms with van der Waals surface area (Å²) in [6, 6.07) is 2.05. The predicted molar refractivity (Wildman–Crippen MR) is 121 cm³/mol. The molecule has 1 heterocycles. The number of hydrogen-bond donors (Lipinski definition) is 0. The molecule has 0 bridgehead atoms. The fraction of sp³-hybridized carbons (Fsp3) is 0.667. The molecule has 5 nitrogen and oxygen atoms in total. The van der Waals surface area contributed by atoms with Crippen LogP contribution in [0.2, 0.25) is 0 Å². The van der Waals surface area contributed by atoms with E-state index in [9.17, 15) is 9.59 Å². The molecule has 0 aliphatic heterocycles. The van der Waals surface area contributed by atoms with Gasteiger partial charge in [0.25, 0.3) is 0 Å². The zero-order chi connectivity index (χ0) is 22.8. The summed E-state index contributed by atoms with van der Waals surface area (Å²) in [6.07, 6.45) is 9.92. The van der Waals surface area contributed by atoms with Crippen LogP contribution in [0.4, 0.5) is 0 Å². The van der Waals surface area contributed by atoms with Gasteiger partial charge in [-0.25, -0.2) is 4.79 Å². The molecule has 4 aliphatic carbocycles. The molecule has 0 saturated heterocycles. The second-order valence-corrected chi connectivity index (χ2v) is 11.0. The van der Waals surface area contributed by atoms with Gasteiger partial charge in [-0.05, 0) is 80.2 Å². The van der Waals surface area contributed by atoms with Gasteiger partial charge in [-0.3, -0.25) is 9.78 Å². The molecule has 172 valence electrons. The number of aromatic nitrogens is 1. The molecule has 32 heavy (non-hydrogen) atoms. The van der Waals surface area contributed by atoms with E-state index in [2.05, 4.69) is 26.0 Å². The van der Waals surface area contributed by atoms with Gasteiger partial charge in [-0.2, -0.15) is 0 Å². The third kappa shape index (κ3) is 3.07. The first-order valence-electron chi connectivity index (χ1n) is 12.1. The number of nitrogens with zero attached hydrogens (tertiary/aromatic N) is 1. The lowest BCUT2D eigenvalue weighted by Crippen LogP contribution is -2.51. The van der Waals surface area contributed by atoms with Crippen molar-refractivity contribution < 1.29 is 19.1 Å². The van der Waals surface area contributed by atoms with E-state index in [1.165, 1.54) is 37.3 Å². The van der Waals surface area contributed by atoms with E-state index in [-0.39, 0.29) is 28.9 Å². The van der Waals surface area contributed by atoms with Crippen molar-refractivity contribution >= 4 is 11.9 Å². The van der Waals surface area contributed by atoms with Crippen molar-refractivity contribution in [3.8, 4) is 0 Å². The van der Waals surface area contributed by atoms with Crippen LogP contribution in [0.15, 0.2) is 17.7 Å². The molecule has 0 spiro atoms. The predicted octanol–water partition coefficient (Wildman–Crippen LogP) is 5.08. The average molecular weight is 438 g/mol. The third-order valence-corrected chi connectivity index (χ3v) is 9.46. The number of rotatable bonds is 2. The lowest BCUT2D eigenvalue weighted by molar-refractivity contribution is -0.148. The van der Waals surface area contributed by atoms with Gasteiger partial charge in [0.05, 0.1) is 24.1 Å². The van der Waals surface area contributed by atoms with Crippen LogP contribution >= 0.6 is 0 Å². The van der Waals surface area contributed by atoms with E-state index >= 15 is 0 Å². The first kappa shape index (κ1) is 21.7. The Labute approximate surface area is 191 Å². The third-order valence-electron chi connectivity index (χ3n) is 9.46. The van der Waals surface area contributed by atoms with Crippen molar-refractivity contribution in [3.05, 3.63) is 40.2 Å². The number of esters is 2. The number of aryl methyl sites for hydroxylation is 1. The summed E-state index contributed by atoms with van der Waals surface area (Å²) in [5.74, 6) is 1.38. The second-order valence-electron chi connectivity index (χ2n) is 11.0. The Morgan fingerprint density at radius 2 is 1.84 bits per heavy atom. The maximum absolute atomic E-state index is 12.2. The molecule has 0 aromatic carbocycles. The SMILES string of the molecule is COC(=O)c1cc2c(nc1C)[C@@]1(C)CC[C@H]3[C@@H](CC=C4C[C@@H](OC(C)=O)CC[C@@]43C)[C@@H]1C2. The zero-order valence-electron chi connectivity index (χ0n) is 20.0. The van der Waals surface area contributed by atoms with Gasteiger partial charge in [0.15, 0.2) is 0 Å². The highest BCUT2D eigenvalue weighted by atomic mass is 16.5. The van der Waals surface area contributed by atoms with Gasteiger partial charge < -0.3 is 9.47 Å². The normalized spacial score (nSPS) is 37.3. The summed E-state index contributed by atoms with van der Waals surface area (Å²) in [5, 5.41) is 0. The maximum atomic E-state index is 12.2. The van der Waals surface area contributed by atoms with E-state index in [1.54, 1.807) is 0 Å². The number of methoxy groups -OCH3 is 1. The fourth-order valence-corrected chi connectivity index (χ4v) is 7.80. The first-order valence-corrected chi connectivity index (χ1v) is 12.1. The van der Waals surface area contributed by atoms with Gasteiger partial charge in [0.1, 0.15) is 6.10 Å². The summed E-state index contributed by atoms with van der Waals surface area (Å²) in [5.41, 5.74) is 5.63. The lowest BCUT2D eigenvalue weighted by atomic mass is 9.48. The Morgan fingerprint density at radius 3 is 2.56 bits per heavy atom. The number of allylic oxidation sites excluding steroid dienone is 1. The number of ether oxygens (including phenoxy) is 2. The van der Waals surface area contributed by atoms with Crippen molar-refractivity contribution in [2.45, 2.75) is 84.2 Å². The van der Waals surface area contributed by atoms with Crippen molar-refractivity contribution in [2.75, 3.05) is 7.11 Å². The minimum atomic E-state index is -0.294. The molecule has 2 fully saturated rings. The molecule has 0 amide bonds. The Balaban J connectivity index is 1.46. The maximum Gasteiger partial charge on any atom is 0.339 e. The number of pyridine rings is 1. The Kier molecular flexibility index (Phi) is 5.03. The molecule has 0 unspecified atom stereocenters. The summed E-state index contributed by atoms with van der Waals surface area (Å²) >= 11 is 0. The Morgan fingerprint density at radius 1 is 1.09 bits per heavy atom. The molecular weight excluding hydrogens is 402 g/mol. The number of carbonyl (C=O) groups is 2. The summed E-state index contributed by atoms with van der Waals surface area (Å²) < 4.78 is 10.6. The number of carbonyl (C=O) groups excluding carboxylic acids is 2. The van der Waals surface area contributed by atoms with E-state index in [0.29, 0.717) is 23.3 Å². The van der Waals surface area contributed by atoms with Crippen LogP contribution in [-0.2, 0) is 26.1 Å². The largest absolute Gasteiger partial charge is 0.465 e. The molecule has 5 rings (SSSR count). The van der Waals surface area contributed by atoms with Crippen LogP contribution in [0, 0.1) is 30.1 Å². The zero-order valence-corrected chi connectivity index (χ0v) is 20.0. The molecule has 1 aromatic heterocycles.